The van der Waals surface area contributed by atoms with Gasteiger partial charge in [0, 0.05) is 68.2 Å². The molecule has 9 rings (SSSR count). The van der Waals surface area contributed by atoms with Gasteiger partial charge in [-0.1, -0.05) is 64.3 Å². The number of anilines is 2. The van der Waals surface area contributed by atoms with E-state index in [1.165, 1.54) is 30.4 Å². The van der Waals surface area contributed by atoms with Gasteiger partial charge in [-0.25, -0.2) is 23.1 Å². The van der Waals surface area contributed by atoms with Crippen LogP contribution in [-0.2, 0) is 10.0 Å². The zero-order valence-electron chi connectivity index (χ0n) is 36.4. The molecule has 15 heteroatoms. The number of carbonyl (C=O) groups is 1. The third-order valence-corrected chi connectivity index (χ3v) is 15.6. The third kappa shape index (κ3) is 8.99. The van der Waals surface area contributed by atoms with Crippen LogP contribution in [0.3, 0.4) is 0 Å². The molecule has 1 amide bonds. The number of nitrogens with zero attached hydrogens (tertiary/aromatic N) is 5. The summed E-state index contributed by atoms with van der Waals surface area (Å²) in [6.45, 7) is 11.2. The van der Waals surface area contributed by atoms with Crippen LogP contribution in [0.4, 0.5) is 17.2 Å². The number of carbonyl (C=O) groups excluding carboxylic acids is 1. The van der Waals surface area contributed by atoms with E-state index in [0.717, 1.165) is 88.0 Å². The van der Waals surface area contributed by atoms with E-state index >= 15 is 0 Å². The van der Waals surface area contributed by atoms with Crippen LogP contribution in [0.5, 0.6) is 11.5 Å². The van der Waals surface area contributed by atoms with Crippen molar-refractivity contribution < 1.29 is 22.9 Å². The average Bonchev–Trinajstić information content (AvgIpc) is 3.95. The molecule has 332 valence electrons. The van der Waals surface area contributed by atoms with E-state index in [0.29, 0.717) is 47.7 Å². The Kier molecular flexibility index (Phi) is 11.9. The zero-order valence-corrected chi connectivity index (χ0v) is 37.2. The molecular formula is C48H58N8O6S. The first-order chi connectivity index (χ1) is 30.3. The van der Waals surface area contributed by atoms with Gasteiger partial charge in [0.25, 0.3) is 15.9 Å². The summed E-state index contributed by atoms with van der Waals surface area (Å²) < 4.78 is 35.9. The number of benzene rings is 2. The van der Waals surface area contributed by atoms with Crippen molar-refractivity contribution in [3.63, 3.8) is 0 Å². The van der Waals surface area contributed by atoms with E-state index in [1.54, 1.807) is 30.6 Å². The molecule has 2 aliphatic heterocycles. The van der Waals surface area contributed by atoms with E-state index in [9.17, 15) is 23.3 Å². The highest BCUT2D eigenvalue weighted by molar-refractivity contribution is 7.90. The molecule has 14 nitrogen and oxygen atoms in total. The fourth-order valence-electron chi connectivity index (χ4n) is 10.7. The molecule has 2 saturated carbocycles. The Labute approximate surface area is 369 Å². The maximum Gasteiger partial charge on any atom is 0.312 e. The van der Waals surface area contributed by atoms with Gasteiger partial charge < -0.3 is 19.9 Å². The van der Waals surface area contributed by atoms with Crippen LogP contribution in [0.15, 0.2) is 84.1 Å². The molecule has 3 N–H and O–H groups in total. The summed E-state index contributed by atoms with van der Waals surface area (Å²) in [5.74, 6) is 1.67. The molecule has 0 radical (unpaired) electrons. The number of hydrogen-bond donors (Lipinski definition) is 3. The summed E-state index contributed by atoms with van der Waals surface area (Å²) in [5, 5.41) is 16.0. The monoisotopic (exact) mass is 874 g/mol. The van der Waals surface area contributed by atoms with Gasteiger partial charge in [0.15, 0.2) is 0 Å². The fraction of sp³-hybridized carbons (Fsp3) is 0.479. The number of hydrogen-bond acceptors (Lipinski definition) is 11. The number of likely N-dealkylation sites (tertiary alicyclic amines) is 1. The van der Waals surface area contributed by atoms with E-state index < -0.39 is 31.4 Å². The number of fused-ring (bicyclic) bond motifs is 1. The van der Waals surface area contributed by atoms with E-state index in [-0.39, 0.29) is 22.5 Å². The normalized spacial score (nSPS) is 22.6. The lowest BCUT2D eigenvalue weighted by molar-refractivity contribution is -0.384. The number of ether oxygens (including phenoxy) is 1. The lowest BCUT2D eigenvalue weighted by Gasteiger charge is -2.57. The Balaban J connectivity index is 0.899. The quantitative estimate of drug-likeness (QED) is 0.0759. The highest BCUT2D eigenvalue weighted by Crippen LogP contribution is 2.49. The maximum atomic E-state index is 14.0. The van der Waals surface area contributed by atoms with Gasteiger partial charge in [0.1, 0.15) is 22.0 Å². The van der Waals surface area contributed by atoms with Crippen LogP contribution in [0.2, 0.25) is 0 Å². The predicted molar refractivity (Wildman–Crippen MR) is 244 cm³/mol. The first-order valence-electron chi connectivity index (χ1n) is 22.6. The minimum absolute atomic E-state index is 0.00727. The SMILES string of the molecule is CC1CCC(CNc2ncc(S(=O)(=O)NC(=O)c3ccc(N4CCC5(CC4)CN([C@@H]4CCC[C@H]4c4ccccc4C(C)C)C5)cc3Oc3cnc4[nH]ccc4c3)cc2[N+](=O)[O-])CC1. The second kappa shape index (κ2) is 17.6. The number of nitro groups is 1. The van der Waals surface area contributed by atoms with Gasteiger partial charge in [-0.3, -0.25) is 19.8 Å². The number of H-pyrrole nitrogens is 1. The van der Waals surface area contributed by atoms with Crippen molar-refractivity contribution >= 4 is 44.2 Å². The number of pyridine rings is 2. The molecule has 0 bridgehead atoms. The van der Waals surface area contributed by atoms with Crippen molar-refractivity contribution in [2.45, 2.75) is 101 Å². The van der Waals surface area contributed by atoms with Gasteiger partial charge in [-0.05, 0) is 103 Å². The van der Waals surface area contributed by atoms with Crippen LogP contribution in [0.25, 0.3) is 11.0 Å². The number of piperidine rings is 1. The van der Waals surface area contributed by atoms with Crippen molar-refractivity contribution in [2.75, 3.05) is 42.9 Å². The van der Waals surface area contributed by atoms with Crippen LogP contribution in [0.1, 0.15) is 112 Å². The van der Waals surface area contributed by atoms with Gasteiger partial charge in [0.05, 0.1) is 22.9 Å². The second-order valence-electron chi connectivity index (χ2n) is 18.9. The Hall–Kier alpha value is -5.54. The summed E-state index contributed by atoms with van der Waals surface area (Å²) >= 11 is 0. The molecule has 2 saturated heterocycles. The van der Waals surface area contributed by atoms with Crippen molar-refractivity contribution in [1.29, 1.82) is 0 Å². The number of rotatable bonds is 13. The highest BCUT2D eigenvalue weighted by atomic mass is 32.2. The Morgan fingerprint density at radius 1 is 0.984 bits per heavy atom. The van der Waals surface area contributed by atoms with Gasteiger partial charge in [-0.2, -0.15) is 0 Å². The minimum Gasteiger partial charge on any atom is -0.455 e. The molecule has 2 atom stereocenters. The Bertz CT molecular complexity index is 2590. The number of amides is 1. The molecule has 3 aromatic heterocycles. The molecular weight excluding hydrogens is 817 g/mol. The van der Waals surface area contributed by atoms with Crippen LogP contribution >= 0.6 is 0 Å². The number of sulfonamides is 1. The Morgan fingerprint density at radius 3 is 2.52 bits per heavy atom. The first kappa shape index (κ1) is 42.7. The van der Waals surface area contributed by atoms with Crippen molar-refractivity contribution in [1.82, 2.24) is 24.6 Å². The highest BCUT2D eigenvalue weighted by Gasteiger charge is 2.49. The summed E-state index contributed by atoms with van der Waals surface area (Å²) in [4.78, 5) is 41.6. The molecule has 4 fully saturated rings. The predicted octanol–water partition coefficient (Wildman–Crippen LogP) is 9.38. The largest absolute Gasteiger partial charge is 0.455 e. The average molecular weight is 875 g/mol. The number of nitrogens with one attached hydrogen (secondary N) is 3. The van der Waals surface area contributed by atoms with Crippen molar-refractivity contribution in [3.8, 4) is 11.5 Å². The molecule has 2 aromatic carbocycles. The van der Waals surface area contributed by atoms with Crippen molar-refractivity contribution in [2.24, 2.45) is 17.3 Å². The zero-order chi connectivity index (χ0) is 43.9. The molecule has 5 aromatic rings. The first-order valence-corrected chi connectivity index (χ1v) is 24.1. The number of aromatic nitrogens is 3. The van der Waals surface area contributed by atoms with Gasteiger partial charge in [0.2, 0.25) is 5.82 Å². The lowest BCUT2D eigenvalue weighted by atomic mass is 9.70. The second-order valence-corrected chi connectivity index (χ2v) is 20.6. The molecule has 5 heterocycles. The number of aromatic amines is 1. The molecule has 2 aliphatic carbocycles. The molecule has 1 spiro atoms. The molecule has 4 aliphatic rings. The minimum atomic E-state index is -4.59. The van der Waals surface area contributed by atoms with Crippen molar-refractivity contribution in [3.05, 3.63) is 106 Å². The van der Waals surface area contributed by atoms with Crippen LogP contribution < -0.4 is 19.7 Å². The standard InChI is InChI=1S/C48H58N8O6S/c1-31(2)38-7-4-5-8-39(38)40-9-6-10-42(40)55-29-48(30-55)18-21-54(22-19-48)35-15-16-41(44(24-35)62-36-23-34-17-20-49-45(34)51-27-36)47(57)53-63(60,61)37-25-43(56(58)59)46(52-28-37)50-26-33-13-11-32(3)12-14-33/h4-5,7-8,15-17,20,23-25,27-28,31-33,40,42H,6,9-14,18-19,21-22,26,29-30H2,1-3H3,(H,49,51)(H,50,52)(H,53,57)/t32?,33?,40-,42+/m0/s1. The van der Waals surface area contributed by atoms with E-state index in [1.807, 2.05) is 12.1 Å². The smallest absolute Gasteiger partial charge is 0.312 e. The molecule has 63 heavy (non-hydrogen) atoms. The summed E-state index contributed by atoms with van der Waals surface area (Å²) in [6.07, 6.45) is 14.4. The van der Waals surface area contributed by atoms with E-state index in [2.05, 4.69) is 79.8 Å². The molecule has 0 unspecified atom stereocenters. The van der Waals surface area contributed by atoms with Gasteiger partial charge >= 0.3 is 5.69 Å². The fourth-order valence-corrected chi connectivity index (χ4v) is 11.6. The summed E-state index contributed by atoms with van der Waals surface area (Å²) in [7, 11) is -4.59. The lowest BCUT2D eigenvalue weighted by Crippen LogP contribution is -2.63. The summed E-state index contributed by atoms with van der Waals surface area (Å²) in [6, 6.07) is 19.4. The van der Waals surface area contributed by atoms with Crippen LogP contribution in [-0.4, -0.2) is 77.9 Å². The van der Waals surface area contributed by atoms with Gasteiger partial charge in [-0.15, -0.1) is 0 Å². The third-order valence-electron chi connectivity index (χ3n) is 14.3. The van der Waals surface area contributed by atoms with E-state index in [4.69, 9.17) is 4.74 Å². The summed E-state index contributed by atoms with van der Waals surface area (Å²) in [5.41, 5.74) is 4.32. The maximum absolute atomic E-state index is 14.0. The topological polar surface area (TPSA) is 176 Å². The Morgan fingerprint density at radius 2 is 1.76 bits per heavy atom. The van der Waals surface area contributed by atoms with Crippen LogP contribution in [0, 0.1) is 27.4 Å².